The maximum Gasteiger partial charge on any atom is 0.273 e. The molecule has 0 fully saturated rings. The molecule has 84 valence electrons. The molecular weight excluding hydrogens is 212 g/mol. The van der Waals surface area contributed by atoms with Gasteiger partial charge in [0.1, 0.15) is 0 Å². The number of benzene rings is 1. The molecule has 0 unspecified atom stereocenters. The van der Waals surface area contributed by atoms with Crippen LogP contribution >= 0.6 is 0 Å². The van der Waals surface area contributed by atoms with Crippen molar-refractivity contribution in [3.63, 3.8) is 0 Å². The Morgan fingerprint density at radius 1 is 1.19 bits per heavy atom. The Balaban J connectivity index is 3.03. The predicted octanol–water partition coefficient (Wildman–Crippen LogP) is 0.121. The van der Waals surface area contributed by atoms with Crippen molar-refractivity contribution < 1.29 is 10.2 Å². The summed E-state index contributed by atoms with van der Waals surface area (Å²) in [5, 5.41) is 21.0. The summed E-state index contributed by atoms with van der Waals surface area (Å²) < 4.78 is 1.14. The first kappa shape index (κ1) is 10.3. The second-order valence-corrected chi connectivity index (χ2v) is 3.38. The molecule has 16 heavy (non-hydrogen) atoms. The molecule has 2 aromatic rings. The van der Waals surface area contributed by atoms with Crippen molar-refractivity contribution in [2.75, 3.05) is 0 Å². The molecule has 6 heteroatoms. The highest BCUT2D eigenvalue weighted by atomic mass is 16.3. The zero-order chi connectivity index (χ0) is 11.9. The van der Waals surface area contributed by atoms with E-state index in [2.05, 4.69) is 5.10 Å². The smallest absolute Gasteiger partial charge is 0.273 e. The molecule has 1 aromatic heterocycles. The van der Waals surface area contributed by atoms with Gasteiger partial charge in [-0.15, -0.1) is 0 Å². The lowest BCUT2D eigenvalue weighted by Crippen LogP contribution is -2.29. The summed E-state index contributed by atoms with van der Waals surface area (Å²) in [7, 11) is 0. The molecule has 0 radical (unpaired) electrons. The van der Waals surface area contributed by atoms with Crippen LogP contribution in [0.25, 0.3) is 10.8 Å². The van der Waals surface area contributed by atoms with Crippen LogP contribution in [0.2, 0.25) is 0 Å². The summed E-state index contributed by atoms with van der Waals surface area (Å²) in [6, 6.07) is 2.17. The van der Waals surface area contributed by atoms with Crippen LogP contribution in [-0.4, -0.2) is 20.0 Å². The molecule has 0 saturated heterocycles. The van der Waals surface area contributed by atoms with Crippen LogP contribution < -0.4 is 11.1 Å². The molecule has 1 heterocycles. The highest BCUT2D eigenvalue weighted by molar-refractivity contribution is 5.84. The molecule has 0 atom stereocenters. The van der Waals surface area contributed by atoms with Crippen molar-refractivity contribution in [3.8, 4) is 11.5 Å². The quantitative estimate of drug-likeness (QED) is 0.597. The minimum Gasteiger partial charge on any atom is -0.504 e. The summed E-state index contributed by atoms with van der Waals surface area (Å²) in [4.78, 5) is 23.3. The minimum absolute atomic E-state index is 0.0602. The first-order chi connectivity index (χ1) is 7.54. The third-order valence-electron chi connectivity index (χ3n) is 2.39. The van der Waals surface area contributed by atoms with Gasteiger partial charge >= 0.3 is 0 Å². The van der Waals surface area contributed by atoms with Crippen molar-refractivity contribution in [3.05, 3.63) is 32.8 Å². The number of aromatic hydroxyl groups is 2. The number of nitrogens with one attached hydrogen (secondary N) is 1. The van der Waals surface area contributed by atoms with E-state index in [9.17, 15) is 19.8 Å². The maximum atomic E-state index is 11.8. The number of rotatable bonds is 1. The SMILES string of the molecule is CCn1[nH]c(=O)c2cc(O)c(O)cc2c1=O. The number of H-pyrrole nitrogens is 1. The van der Waals surface area contributed by atoms with E-state index in [0.29, 0.717) is 6.54 Å². The Morgan fingerprint density at radius 2 is 1.75 bits per heavy atom. The molecule has 0 aliphatic heterocycles. The number of hydrogen-bond acceptors (Lipinski definition) is 4. The van der Waals surface area contributed by atoms with Crippen molar-refractivity contribution in [2.24, 2.45) is 0 Å². The average Bonchev–Trinajstić information content (AvgIpc) is 2.26. The molecule has 0 aliphatic carbocycles. The molecule has 0 amide bonds. The molecular formula is C10H10N2O4. The molecule has 6 nitrogen and oxygen atoms in total. The number of nitrogens with zero attached hydrogens (tertiary/aromatic N) is 1. The summed E-state index contributed by atoms with van der Waals surface area (Å²) in [6.07, 6.45) is 0. The van der Waals surface area contributed by atoms with E-state index in [1.165, 1.54) is 0 Å². The van der Waals surface area contributed by atoms with Crippen LogP contribution in [0, 0.1) is 0 Å². The van der Waals surface area contributed by atoms with Crippen molar-refractivity contribution >= 4 is 10.8 Å². The van der Waals surface area contributed by atoms with Crippen LogP contribution in [0.15, 0.2) is 21.7 Å². The minimum atomic E-state index is -0.480. The largest absolute Gasteiger partial charge is 0.504 e. The van der Waals surface area contributed by atoms with Gasteiger partial charge in [0.25, 0.3) is 11.1 Å². The number of aromatic nitrogens is 2. The fourth-order valence-electron chi connectivity index (χ4n) is 1.54. The van der Waals surface area contributed by atoms with Crippen molar-refractivity contribution in [1.82, 2.24) is 9.78 Å². The van der Waals surface area contributed by atoms with E-state index in [-0.39, 0.29) is 10.8 Å². The summed E-state index contributed by atoms with van der Waals surface area (Å²) in [6.45, 7) is 2.04. The number of fused-ring (bicyclic) bond motifs is 1. The highest BCUT2D eigenvalue weighted by Gasteiger charge is 2.10. The first-order valence-electron chi connectivity index (χ1n) is 4.73. The third-order valence-corrected chi connectivity index (χ3v) is 2.39. The fourth-order valence-corrected chi connectivity index (χ4v) is 1.54. The molecule has 0 saturated carbocycles. The number of phenolic OH excluding ortho intramolecular Hbond substituents is 2. The van der Waals surface area contributed by atoms with Gasteiger partial charge in [-0.05, 0) is 19.1 Å². The van der Waals surface area contributed by atoms with Gasteiger partial charge in [-0.25, -0.2) is 4.68 Å². The predicted molar refractivity (Wildman–Crippen MR) is 57.8 cm³/mol. The Bertz CT molecular complexity index is 669. The van der Waals surface area contributed by atoms with E-state index in [1.54, 1.807) is 6.92 Å². The van der Waals surface area contributed by atoms with Crippen LogP contribution in [0.1, 0.15) is 6.92 Å². The van der Waals surface area contributed by atoms with Gasteiger partial charge in [-0.1, -0.05) is 0 Å². The second-order valence-electron chi connectivity index (χ2n) is 3.38. The van der Waals surface area contributed by atoms with Gasteiger partial charge in [-0.2, -0.15) is 0 Å². The summed E-state index contributed by atoms with van der Waals surface area (Å²) in [5.41, 5.74) is -0.890. The molecule has 1 aromatic carbocycles. The maximum absolute atomic E-state index is 11.8. The molecule has 0 spiro atoms. The number of hydrogen-bond donors (Lipinski definition) is 3. The lowest BCUT2D eigenvalue weighted by molar-refractivity contribution is 0.404. The van der Waals surface area contributed by atoms with Crippen LogP contribution in [0.4, 0.5) is 0 Å². The van der Waals surface area contributed by atoms with Crippen molar-refractivity contribution in [2.45, 2.75) is 13.5 Å². The van der Waals surface area contributed by atoms with Gasteiger partial charge in [0.15, 0.2) is 11.5 Å². The standard InChI is InChI=1S/C10H10N2O4/c1-2-12-10(16)6-4-8(14)7(13)3-5(6)9(15)11-12/h3-4,13-14H,2H2,1H3,(H,11,15). The summed E-state index contributed by atoms with van der Waals surface area (Å²) in [5.74, 6) is -0.843. The van der Waals surface area contributed by atoms with Crippen molar-refractivity contribution in [1.29, 1.82) is 0 Å². The van der Waals surface area contributed by atoms with Gasteiger partial charge < -0.3 is 10.2 Å². The average molecular weight is 222 g/mol. The van der Waals surface area contributed by atoms with Gasteiger partial charge in [0.05, 0.1) is 10.8 Å². The lowest BCUT2D eigenvalue weighted by Gasteiger charge is -2.05. The summed E-state index contributed by atoms with van der Waals surface area (Å²) >= 11 is 0. The molecule has 0 bridgehead atoms. The number of aryl methyl sites for hydroxylation is 1. The third kappa shape index (κ3) is 1.35. The van der Waals surface area contributed by atoms with Crippen LogP contribution in [-0.2, 0) is 6.54 Å². The Labute approximate surface area is 89.4 Å². The Morgan fingerprint density at radius 3 is 2.31 bits per heavy atom. The first-order valence-corrected chi connectivity index (χ1v) is 4.73. The zero-order valence-electron chi connectivity index (χ0n) is 8.52. The van der Waals surface area contributed by atoms with Gasteiger partial charge in [0, 0.05) is 6.54 Å². The fraction of sp³-hybridized carbons (Fsp3) is 0.200. The number of phenols is 2. The van der Waals surface area contributed by atoms with E-state index < -0.39 is 22.6 Å². The molecule has 0 aliphatic rings. The van der Waals surface area contributed by atoms with Crippen LogP contribution in [0.5, 0.6) is 11.5 Å². The second kappa shape index (κ2) is 3.41. The normalized spacial score (nSPS) is 10.8. The van der Waals surface area contributed by atoms with E-state index in [0.717, 1.165) is 16.8 Å². The molecule has 2 rings (SSSR count). The van der Waals surface area contributed by atoms with Crippen LogP contribution in [0.3, 0.4) is 0 Å². The number of aromatic amines is 1. The Hall–Kier alpha value is -2.24. The monoisotopic (exact) mass is 222 g/mol. The topological polar surface area (TPSA) is 95.3 Å². The highest BCUT2D eigenvalue weighted by Crippen LogP contribution is 2.26. The van der Waals surface area contributed by atoms with E-state index >= 15 is 0 Å². The lowest BCUT2D eigenvalue weighted by atomic mass is 10.2. The molecule has 3 N–H and O–H groups in total. The Kier molecular flexibility index (Phi) is 2.19. The van der Waals surface area contributed by atoms with Gasteiger partial charge in [0.2, 0.25) is 0 Å². The zero-order valence-corrected chi connectivity index (χ0v) is 8.52. The van der Waals surface area contributed by atoms with E-state index in [1.807, 2.05) is 0 Å². The van der Waals surface area contributed by atoms with E-state index in [4.69, 9.17) is 0 Å². The van der Waals surface area contributed by atoms with Gasteiger partial charge in [-0.3, -0.25) is 14.7 Å².